The molecule has 2 aromatic rings. The third kappa shape index (κ3) is 4.19. The Morgan fingerprint density at radius 2 is 2.00 bits per heavy atom. The van der Waals surface area contributed by atoms with Gasteiger partial charge in [0.2, 0.25) is 0 Å². The highest BCUT2D eigenvalue weighted by molar-refractivity contribution is 6.30. The number of nitro groups is 1. The van der Waals surface area contributed by atoms with Gasteiger partial charge in [0, 0.05) is 17.7 Å². The molecule has 9 heteroatoms. The van der Waals surface area contributed by atoms with Crippen molar-refractivity contribution in [1.29, 1.82) is 0 Å². The quantitative estimate of drug-likeness (QED) is 0.370. The lowest BCUT2D eigenvalue weighted by Crippen LogP contribution is -2.37. The number of hydrogen-bond donors (Lipinski definition) is 3. The van der Waals surface area contributed by atoms with Gasteiger partial charge in [-0.3, -0.25) is 10.1 Å². The maximum absolute atomic E-state index is 11.7. The van der Waals surface area contributed by atoms with E-state index in [1.165, 1.54) is 42.5 Å². The molecule has 0 aliphatic heterocycles. The Morgan fingerprint density at radius 1 is 1.24 bits per heavy atom. The fraction of sp³-hybridized carbons (Fsp3) is 0.200. The largest absolute Gasteiger partial charge is 0.506 e. The molecular weight excluding hydrogens is 398 g/mol. The number of rotatable bonds is 6. The first kappa shape index (κ1) is 20.7. The zero-order valence-corrected chi connectivity index (χ0v) is 15.9. The lowest BCUT2D eigenvalue weighted by atomic mass is 9.79. The van der Waals surface area contributed by atoms with Crippen molar-refractivity contribution in [2.75, 3.05) is 6.61 Å². The molecule has 1 aliphatic carbocycles. The number of allylic oxidation sites excluding steroid dienone is 1. The van der Waals surface area contributed by atoms with Crippen molar-refractivity contribution < 1.29 is 20.2 Å². The Hall–Kier alpha value is -3.07. The molecule has 0 saturated carbocycles. The predicted molar refractivity (Wildman–Crippen MR) is 107 cm³/mol. The van der Waals surface area contributed by atoms with Gasteiger partial charge in [-0.25, -0.2) is 0 Å². The van der Waals surface area contributed by atoms with E-state index in [1.54, 1.807) is 18.2 Å². The number of aliphatic hydroxyl groups excluding tert-OH is 2. The molecule has 0 heterocycles. The van der Waals surface area contributed by atoms with Crippen molar-refractivity contribution in [2.45, 2.75) is 18.1 Å². The molecule has 2 unspecified atom stereocenters. The highest BCUT2D eigenvalue weighted by atomic mass is 35.5. The molecule has 3 rings (SSSR count). The second-order valence-corrected chi connectivity index (χ2v) is 6.87. The van der Waals surface area contributed by atoms with Crippen LogP contribution < -0.4 is 0 Å². The maximum atomic E-state index is 11.7. The number of para-hydroxylation sites is 1. The molecule has 2 atom stereocenters. The minimum Gasteiger partial charge on any atom is -0.506 e. The molecule has 1 aliphatic rings. The van der Waals surface area contributed by atoms with Crippen LogP contribution in [0.5, 0.6) is 5.75 Å². The van der Waals surface area contributed by atoms with E-state index in [0.717, 1.165) is 0 Å². The van der Waals surface area contributed by atoms with Crippen molar-refractivity contribution in [3.63, 3.8) is 0 Å². The van der Waals surface area contributed by atoms with Gasteiger partial charge >= 0.3 is 0 Å². The van der Waals surface area contributed by atoms with Gasteiger partial charge in [0.1, 0.15) is 17.5 Å². The van der Waals surface area contributed by atoms with Gasteiger partial charge < -0.3 is 15.3 Å². The van der Waals surface area contributed by atoms with Crippen LogP contribution in [0.15, 0.2) is 76.5 Å². The average molecular weight is 416 g/mol. The summed E-state index contributed by atoms with van der Waals surface area (Å²) in [6.07, 6.45) is 3.58. The molecule has 0 saturated heterocycles. The van der Waals surface area contributed by atoms with Gasteiger partial charge in [0.25, 0.3) is 5.69 Å². The number of halogens is 1. The number of hydrogen-bond acceptors (Lipinski definition) is 7. The van der Waals surface area contributed by atoms with Crippen LogP contribution in [0.4, 0.5) is 11.4 Å². The highest BCUT2D eigenvalue weighted by Crippen LogP contribution is 2.43. The van der Waals surface area contributed by atoms with E-state index in [1.807, 2.05) is 0 Å². The molecule has 3 N–H and O–H groups in total. The summed E-state index contributed by atoms with van der Waals surface area (Å²) in [7, 11) is 0. The zero-order valence-electron chi connectivity index (χ0n) is 15.1. The second-order valence-electron chi connectivity index (χ2n) is 6.43. The predicted octanol–water partition coefficient (Wildman–Crippen LogP) is 4.17. The van der Waals surface area contributed by atoms with Gasteiger partial charge in [-0.15, -0.1) is 0 Å². The van der Waals surface area contributed by atoms with E-state index >= 15 is 0 Å². The summed E-state index contributed by atoms with van der Waals surface area (Å²) in [6, 6.07) is 10.3. The van der Waals surface area contributed by atoms with Crippen LogP contribution in [0.2, 0.25) is 5.02 Å². The summed E-state index contributed by atoms with van der Waals surface area (Å²) < 4.78 is 0. The molecule has 8 nitrogen and oxygen atoms in total. The number of phenolic OH excluding ortho intramolecular Hbond substituents is 1. The zero-order chi connectivity index (χ0) is 21.0. The lowest BCUT2D eigenvalue weighted by molar-refractivity contribution is -0.386. The van der Waals surface area contributed by atoms with E-state index in [2.05, 4.69) is 10.2 Å². The molecular formula is C20H18ClN3O5. The number of nitrogens with zero attached hydrogens (tertiary/aromatic N) is 3. The molecule has 150 valence electrons. The van der Waals surface area contributed by atoms with E-state index in [-0.39, 0.29) is 40.7 Å². The van der Waals surface area contributed by atoms with Crippen LogP contribution in [0, 0.1) is 10.1 Å². The van der Waals surface area contributed by atoms with Gasteiger partial charge in [0.15, 0.2) is 5.54 Å². The molecule has 0 amide bonds. The second kappa shape index (κ2) is 8.52. The van der Waals surface area contributed by atoms with Crippen LogP contribution in [0.1, 0.15) is 12.0 Å². The number of aliphatic hydroxyl groups is 2. The normalized spacial score (nSPS) is 21.3. The third-order valence-electron chi connectivity index (χ3n) is 4.54. The van der Waals surface area contributed by atoms with Crippen LogP contribution in [-0.2, 0) is 5.54 Å². The monoisotopic (exact) mass is 415 g/mol. The van der Waals surface area contributed by atoms with Crippen molar-refractivity contribution in [3.05, 3.63) is 87.0 Å². The van der Waals surface area contributed by atoms with Crippen LogP contribution in [0.25, 0.3) is 0 Å². The first-order valence-electron chi connectivity index (χ1n) is 8.71. The number of aromatic hydroxyl groups is 1. The SMILES string of the molecule is O=[N+]([O-])c1cc(Cl)ccc1C1(N=Nc2ccccc2O)C=C(CCO)C=CC1O. The highest BCUT2D eigenvalue weighted by Gasteiger charge is 2.44. The molecule has 0 bridgehead atoms. The summed E-state index contributed by atoms with van der Waals surface area (Å²) in [5, 5.41) is 50.2. The molecule has 0 radical (unpaired) electrons. The minimum atomic E-state index is -1.64. The first-order chi connectivity index (χ1) is 13.9. The number of benzene rings is 2. The van der Waals surface area contributed by atoms with Gasteiger partial charge in [-0.1, -0.05) is 35.9 Å². The molecule has 2 aromatic carbocycles. The Morgan fingerprint density at radius 3 is 2.69 bits per heavy atom. The molecule has 0 aromatic heterocycles. The lowest BCUT2D eigenvalue weighted by Gasteiger charge is -2.32. The Kier molecular flexibility index (Phi) is 6.07. The minimum absolute atomic E-state index is 0.0818. The number of azo groups is 1. The van der Waals surface area contributed by atoms with E-state index in [9.17, 15) is 25.4 Å². The van der Waals surface area contributed by atoms with Crippen molar-refractivity contribution in [1.82, 2.24) is 0 Å². The molecule has 0 fully saturated rings. The van der Waals surface area contributed by atoms with Crippen molar-refractivity contribution in [3.8, 4) is 5.75 Å². The van der Waals surface area contributed by atoms with Crippen LogP contribution in [-0.4, -0.2) is 33.0 Å². The van der Waals surface area contributed by atoms with E-state index < -0.39 is 16.6 Å². The summed E-state index contributed by atoms with van der Waals surface area (Å²) in [4.78, 5) is 11.1. The topological polar surface area (TPSA) is 129 Å². The molecule has 29 heavy (non-hydrogen) atoms. The molecule has 0 spiro atoms. The van der Waals surface area contributed by atoms with Gasteiger partial charge in [-0.05, 0) is 42.3 Å². The summed E-state index contributed by atoms with van der Waals surface area (Å²) >= 11 is 5.94. The summed E-state index contributed by atoms with van der Waals surface area (Å²) in [6.45, 7) is -0.151. The van der Waals surface area contributed by atoms with Crippen molar-refractivity contribution in [2.24, 2.45) is 10.2 Å². The number of phenols is 1. The first-order valence-corrected chi connectivity index (χ1v) is 9.09. The van der Waals surface area contributed by atoms with E-state index in [0.29, 0.717) is 5.57 Å². The third-order valence-corrected chi connectivity index (χ3v) is 4.78. The Bertz CT molecular complexity index is 1020. The van der Waals surface area contributed by atoms with Gasteiger partial charge in [0.05, 0.1) is 10.5 Å². The number of nitro benzene ring substituents is 1. The van der Waals surface area contributed by atoms with Gasteiger partial charge in [-0.2, -0.15) is 10.2 Å². The van der Waals surface area contributed by atoms with E-state index in [4.69, 9.17) is 11.6 Å². The smallest absolute Gasteiger partial charge is 0.277 e. The fourth-order valence-corrected chi connectivity index (χ4v) is 3.29. The van der Waals surface area contributed by atoms with Crippen LogP contribution >= 0.6 is 11.6 Å². The van der Waals surface area contributed by atoms with Crippen LogP contribution in [0.3, 0.4) is 0 Å². The Labute approximate surface area is 171 Å². The summed E-state index contributed by atoms with van der Waals surface area (Å²) in [5.74, 6) is -0.127. The van der Waals surface area contributed by atoms with Crippen molar-refractivity contribution >= 4 is 23.0 Å². The summed E-state index contributed by atoms with van der Waals surface area (Å²) in [5.41, 5.74) is -1.13. The fourth-order valence-electron chi connectivity index (χ4n) is 3.12. The Balaban J connectivity index is 2.24. The standard InChI is InChI=1S/C20H18ClN3O5/c21-14-6-7-15(17(11-14)24(28)29)20(12-13(9-10-25)5-8-19(20)27)23-22-16-3-1-2-4-18(16)26/h1-8,11-12,19,25-27H,9-10H2. The maximum Gasteiger partial charge on any atom is 0.277 e. The average Bonchev–Trinajstić information content (AvgIpc) is 2.69.